The molecule has 0 aromatic heterocycles. The minimum absolute atomic E-state index is 0.0175. The topological polar surface area (TPSA) is 53.0 Å². The van der Waals surface area contributed by atoms with Gasteiger partial charge in [0.15, 0.2) is 0 Å². The largest absolute Gasteiger partial charge is 0.506 e. The number of piperidine rings is 2. The number of carbonyl (C=O) groups excluding carboxylic acids is 1. The fraction of sp³-hybridized carbons (Fsp3) is 0.571. The number of carbonyl (C=O) groups is 1. The first-order valence-electron chi connectivity index (χ1n) is 9.89. The number of nitrogens with zero attached hydrogens (tertiary/aromatic N) is 2. The minimum atomic E-state index is -0.0389. The van der Waals surface area contributed by atoms with Gasteiger partial charge in [0.05, 0.1) is 30.9 Å². The van der Waals surface area contributed by atoms with Crippen molar-refractivity contribution in [3.63, 3.8) is 0 Å². The normalized spacial score (nSPS) is 44.6. The van der Waals surface area contributed by atoms with Gasteiger partial charge in [0, 0.05) is 23.9 Å². The van der Waals surface area contributed by atoms with Gasteiger partial charge in [-0.3, -0.25) is 9.69 Å². The van der Waals surface area contributed by atoms with Crippen molar-refractivity contribution in [2.24, 2.45) is 11.8 Å². The number of phenolic OH excluding ortho intramolecular Hbond substituents is 1. The molecule has 1 aromatic carbocycles. The first-order valence-corrected chi connectivity index (χ1v) is 9.89. The van der Waals surface area contributed by atoms with Gasteiger partial charge in [-0.15, -0.1) is 0 Å². The number of aromatic hydroxyl groups is 1. The van der Waals surface area contributed by atoms with E-state index >= 15 is 0 Å². The zero-order chi connectivity index (χ0) is 17.2. The first-order chi connectivity index (χ1) is 12.7. The molecule has 1 amide bonds. The van der Waals surface area contributed by atoms with Gasteiger partial charge in [-0.1, -0.05) is 23.8 Å². The molecule has 5 heterocycles. The summed E-state index contributed by atoms with van der Waals surface area (Å²) in [6.07, 6.45) is 5.00. The number of hydrogen-bond acceptors (Lipinski definition) is 4. The first kappa shape index (κ1) is 14.2. The van der Waals surface area contributed by atoms with Crippen molar-refractivity contribution in [2.45, 2.75) is 42.9 Å². The molecule has 5 aliphatic heterocycles. The molecule has 2 bridgehead atoms. The summed E-state index contributed by atoms with van der Waals surface area (Å²) in [7, 11) is 0. The van der Waals surface area contributed by atoms with Crippen LogP contribution in [-0.4, -0.2) is 53.8 Å². The molecule has 26 heavy (non-hydrogen) atoms. The van der Waals surface area contributed by atoms with Crippen molar-refractivity contribution in [3.05, 3.63) is 35.4 Å². The number of anilines is 1. The smallest absolute Gasteiger partial charge is 0.230 e. The molecule has 6 atom stereocenters. The maximum atomic E-state index is 13.2. The second-order valence-electron chi connectivity index (χ2n) is 8.93. The van der Waals surface area contributed by atoms with Gasteiger partial charge in [0.2, 0.25) is 5.91 Å². The predicted molar refractivity (Wildman–Crippen MR) is 95.1 cm³/mol. The monoisotopic (exact) mass is 350 g/mol. The van der Waals surface area contributed by atoms with Crippen LogP contribution < -0.4 is 4.90 Å². The summed E-state index contributed by atoms with van der Waals surface area (Å²) in [6, 6.07) is 6.46. The summed E-state index contributed by atoms with van der Waals surface area (Å²) in [6.45, 7) is 2.77. The van der Waals surface area contributed by atoms with Crippen molar-refractivity contribution in [2.75, 3.05) is 24.6 Å². The van der Waals surface area contributed by atoms with Gasteiger partial charge < -0.3 is 14.7 Å². The summed E-state index contributed by atoms with van der Waals surface area (Å²) in [5, 5.41) is 10.7. The lowest BCUT2D eigenvalue weighted by Crippen LogP contribution is -2.69. The van der Waals surface area contributed by atoms with Crippen molar-refractivity contribution >= 4 is 11.6 Å². The lowest BCUT2D eigenvalue weighted by atomic mass is 9.53. The molecule has 4 fully saturated rings. The molecule has 1 aliphatic carbocycles. The molecule has 5 heteroatoms. The molecular weight excluding hydrogens is 328 g/mol. The van der Waals surface area contributed by atoms with Crippen LogP contribution in [-0.2, 0) is 14.9 Å². The predicted octanol–water partition coefficient (Wildman–Crippen LogP) is 1.80. The third kappa shape index (κ3) is 1.34. The summed E-state index contributed by atoms with van der Waals surface area (Å²) >= 11 is 0. The van der Waals surface area contributed by atoms with Gasteiger partial charge in [0.25, 0.3) is 0 Å². The Morgan fingerprint density at radius 1 is 1.31 bits per heavy atom. The van der Waals surface area contributed by atoms with Crippen LogP contribution in [0.15, 0.2) is 29.8 Å². The number of amides is 1. The Hall–Kier alpha value is -1.85. The van der Waals surface area contributed by atoms with Crippen molar-refractivity contribution < 1.29 is 14.6 Å². The Morgan fingerprint density at radius 3 is 3.15 bits per heavy atom. The molecule has 1 N–H and O–H groups in total. The van der Waals surface area contributed by atoms with Gasteiger partial charge in [-0.25, -0.2) is 0 Å². The quantitative estimate of drug-likeness (QED) is 0.725. The van der Waals surface area contributed by atoms with E-state index in [9.17, 15) is 9.90 Å². The Labute approximate surface area is 152 Å². The summed E-state index contributed by atoms with van der Waals surface area (Å²) in [4.78, 5) is 17.8. The average Bonchev–Trinajstić information content (AvgIpc) is 3.10. The van der Waals surface area contributed by atoms with E-state index in [4.69, 9.17) is 4.74 Å². The summed E-state index contributed by atoms with van der Waals surface area (Å²) in [5.41, 5.74) is 3.49. The Bertz CT molecular complexity index is 895. The fourth-order valence-corrected chi connectivity index (χ4v) is 7.57. The van der Waals surface area contributed by atoms with Crippen LogP contribution in [0.1, 0.15) is 24.8 Å². The number of phenols is 1. The lowest BCUT2D eigenvalue weighted by Gasteiger charge is -2.58. The molecule has 6 aliphatic rings. The Morgan fingerprint density at radius 2 is 2.23 bits per heavy atom. The highest BCUT2D eigenvalue weighted by Gasteiger charge is 2.71. The van der Waals surface area contributed by atoms with Gasteiger partial charge in [-0.05, 0) is 36.9 Å². The van der Waals surface area contributed by atoms with Crippen molar-refractivity contribution in [3.8, 4) is 5.75 Å². The van der Waals surface area contributed by atoms with Crippen LogP contribution in [0, 0.1) is 11.8 Å². The summed E-state index contributed by atoms with van der Waals surface area (Å²) < 4.78 is 6.22. The molecule has 0 radical (unpaired) electrons. The zero-order valence-electron chi connectivity index (χ0n) is 14.6. The zero-order valence-corrected chi connectivity index (χ0v) is 14.6. The number of hydrogen-bond donors (Lipinski definition) is 1. The Kier molecular flexibility index (Phi) is 2.38. The highest BCUT2D eigenvalue weighted by atomic mass is 16.5. The second-order valence-corrected chi connectivity index (χ2v) is 8.93. The SMILES string of the molecule is O=C1C[C@@H]2OCC=C3CN4CC[C@]56c7cccc(O)c7N1[C@H]5[C@H]2[C@H]3C[C@H]46. The van der Waals surface area contributed by atoms with E-state index in [1.165, 1.54) is 17.6 Å². The number of rotatable bonds is 0. The van der Waals surface area contributed by atoms with E-state index < -0.39 is 0 Å². The van der Waals surface area contributed by atoms with Crippen LogP contribution in [0.3, 0.4) is 0 Å². The molecule has 0 unspecified atom stereocenters. The third-order valence-corrected chi connectivity index (χ3v) is 8.31. The van der Waals surface area contributed by atoms with E-state index in [1.54, 1.807) is 6.07 Å². The molecule has 1 aromatic rings. The highest BCUT2D eigenvalue weighted by molar-refractivity contribution is 6.00. The molecule has 134 valence electrons. The number of para-hydroxylation sites is 1. The van der Waals surface area contributed by atoms with E-state index in [-0.39, 0.29) is 29.2 Å². The standard InChI is InChI=1S/C21H22N2O3/c24-14-3-1-2-13-19(14)23-17(25)9-15-18-12-8-16-21(13,20(18)23)5-6-22(16)10-11(12)4-7-26-15/h1-4,12,15-16,18,20,24H,5-10H2/t12-,15-,16-,18-,20-,21+/m0/s1. The van der Waals surface area contributed by atoms with Crippen molar-refractivity contribution in [1.82, 2.24) is 4.90 Å². The molecule has 5 nitrogen and oxygen atoms in total. The molecule has 3 saturated heterocycles. The number of fused-ring (bicyclic) bond motifs is 2. The molecule has 1 saturated carbocycles. The molecule has 1 spiro atoms. The lowest BCUT2D eigenvalue weighted by molar-refractivity contribution is -0.132. The summed E-state index contributed by atoms with van der Waals surface area (Å²) in [5.74, 6) is 1.26. The van der Waals surface area contributed by atoms with Crippen LogP contribution in [0.2, 0.25) is 0 Å². The fourth-order valence-electron chi connectivity index (χ4n) is 7.57. The molecular formula is C21H22N2O3. The van der Waals surface area contributed by atoms with Gasteiger partial charge >= 0.3 is 0 Å². The van der Waals surface area contributed by atoms with Crippen LogP contribution in [0.25, 0.3) is 0 Å². The van der Waals surface area contributed by atoms with Crippen LogP contribution in [0.5, 0.6) is 5.75 Å². The van der Waals surface area contributed by atoms with E-state index in [0.717, 1.165) is 25.2 Å². The van der Waals surface area contributed by atoms with Crippen LogP contribution in [0.4, 0.5) is 5.69 Å². The maximum absolute atomic E-state index is 13.2. The van der Waals surface area contributed by atoms with E-state index in [1.807, 2.05) is 11.0 Å². The number of benzene rings is 1. The van der Waals surface area contributed by atoms with E-state index in [0.29, 0.717) is 30.9 Å². The van der Waals surface area contributed by atoms with Gasteiger partial charge in [0.1, 0.15) is 5.75 Å². The highest BCUT2D eigenvalue weighted by Crippen LogP contribution is 2.66. The Balaban J connectivity index is 1.56. The van der Waals surface area contributed by atoms with E-state index in [2.05, 4.69) is 17.0 Å². The molecule has 7 rings (SSSR count). The third-order valence-electron chi connectivity index (χ3n) is 8.31. The van der Waals surface area contributed by atoms with Crippen molar-refractivity contribution in [1.29, 1.82) is 0 Å². The van der Waals surface area contributed by atoms with Gasteiger partial charge in [-0.2, -0.15) is 0 Å². The minimum Gasteiger partial charge on any atom is -0.506 e. The van der Waals surface area contributed by atoms with Crippen LogP contribution >= 0.6 is 0 Å². The number of ether oxygens (including phenoxy) is 1. The average molecular weight is 350 g/mol. The second kappa shape index (κ2) is 4.34. The maximum Gasteiger partial charge on any atom is 0.230 e.